The number of anilines is 1. The summed E-state index contributed by atoms with van der Waals surface area (Å²) < 4.78 is 20.4. The lowest BCUT2D eigenvalue weighted by molar-refractivity contribution is -0.119. The van der Waals surface area contributed by atoms with Gasteiger partial charge in [0.2, 0.25) is 5.91 Å². The van der Waals surface area contributed by atoms with Gasteiger partial charge >= 0.3 is 0 Å². The van der Waals surface area contributed by atoms with E-state index < -0.39 is 0 Å². The molecule has 1 aliphatic rings. The summed E-state index contributed by atoms with van der Waals surface area (Å²) >= 11 is 0. The molecule has 1 atom stereocenters. The summed E-state index contributed by atoms with van der Waals surface area (Å²) in [5.74, 6) is 0.412. The fraction of sp³-hybridized carbons (Fsp3) is 0.364. The highest BCUT2D eigenvalue weighted by atomic mass is 19.1. The number of allylic oxidation sites excluding steroid dienone is 1. The lowest BCUT2D eigenvalue weighted by Gasteiger charge is -2.20. The van der Waals surface area contributed by atoms with Crippen molar-refractivity contribution < 1.29 is 13.9 Å². The van der Waals surface area contributed by atoms with Crippen LogP contribution in [0.2, 0.25) is 0 Å². The first kappa shape index (κ1) is 19.9. The lowest BCUT2D eigenvalue weighted by Crippen LogP contribution is -2.25. The molecule has 5 nitrogen and oxygen atoms in total. The highest BCUT2D eigenvalue weighted by Gasteiger charge is 2.26. The van der Waals surface area contributed by atoms with Crippen molar-refractivity contribution in [1.82, 2.24) is 10.3 Å². The normalized spacial score (nSPS) is 16.0. The third-order valence-corrected chi connectivity index (χ3v) is 4.55. The van der Waals surface area contributed by atoms with Crippen molar-refractivity contribution in [2.24, 2.45) is 0 Å². The van der Waals surface area contributed by atoms with Crippen molar-refractivity contribution in [3.8, 4) is 5.75 Å². The number of rotatable bonds is 6. The molecule has 0 radical (unpaired) electrons. The predicted molar refractivity (Wildman–Crippen MR) is 109 cm³/mol. The second kappa shape index (κ2) is 8.87. The smallest absolute Gasteiger partial charge is 0.217 e. The minimum absolute atomic E-state index is 0.000614. The van der Waals surface area contributed by atoms with Crippen molar-refractivity contribution in [2.45, 2.75) is 39.8 Å². The van der Waals surface area contributed by atoms with E-state index in [4.69, 9.17) is 4.74 Å². The molecule has 2 heterocycles. The summed E-state index contributed by atoms with van der Waals surface area (Å²) in [5.41, 5.74) is 3.46. The summed E-state index contributed by atoms with van der Waals surface area (Å²) in [4.78, 5) is 17.1. The Morgan fingerprint density at radius 1 is 1.32 bits per heavy atom. The molecule has 0 bridgehead atoms. The number of aromatic nitrogens is 1. The van der Waals surface area contributed by atoms with E-state index in [0.29, 0.717) is 18.8 Å². The van der Waals surface area contributed by atoms with Crippen molar-refractivity contribution in [2.75, 3.05) is 18.0 Å². The van der Waals surface area contributed by atoms with Crippen molar-refractivity contribution in [3.63, 3.8) is 0 Å². The summed E-state index contributed by atoms with van der Waals surface area (Å²) in [6.07, 6.45) is 4.05. The minimum Gasteiger partial charge on any atom is -0.489 e. The first-order valence-electron chi connectivity index (χ1n) is 9.46. The van der Waals surface area contributed by atoms with Crippen LogP contribution in [-0.2, 0) is 11.3 Å². The number of ether oxygens (including phenoxy) is 1. The average molecular weight is 383 g/mol. The first-order chi connectivity index (χ1) is 13.4. The third-order valence-electron chi connectivity index (χ3n) is 4.55. The van der Waals surface area contributed by atoms with Gasteiger partial charge in [0.1, 0.15) is 11.9 Å². The maximum atomic E-state index is 14.3. The molecule has 1 saturated heterocycles. The molecule has 1 fully saturated rings. The molecular weight excluding hydrogens is 357 g/mol. The molecule has 2 aromatic rings. The van der Waals surface area contributed by atoms with E-state index in [-0.39, 0.29) is 17.8 Å². The highest BCUT2D eigenvalue weighted by molar-refractivity contribution is 5.72. The van der Waals surface area contributed by atoms with E-state index in [2.05, 4.69) is 10.3 Å². The number of hydrogen-bond acceptors (Lipinski definition) is 4. The van der Waals surface area contributed by atoms with Crippen molar-refractivity contribution >= 4 is 17.7 Å². The van der Waals surface area contributed by atoms with Crippen LogP contribution in [0.25, 0.3) is 6.08 Å². The monoisotopic (exact) mass is 383 g/mol. The summed E-state index contributed by atoms with van der Waals surface area (Å²) in [6, 6.07) is 9.47. The number of benzene rings is 1. The van der Waals surface area contributed by atoms with Gasteiger partial charge in [-0.25, -0.2) is 4.39 Å². The molecule has 28 heavy (non-hydrogen) atoms. The molecule has 1 aromatic heterocycles. The maximum absolute atomic E-state index is 14.3. The van der Waals surface area contributed by atoms with E-state index in [1.807, 2.05) is 49.1 Å². The second-order valence-corrected chi connectivity index (χ2v) is 7.31. The fourth-order valence-electron chi connectivity index (χ4n) is 3.21. The topological polar surface area (TPSA) is 54.5 Å². The quantitative estimate of drug-likeness (QED) is 0.821. The van der Waals surface area contributed by atoms with Gasteiger partial charge in [-0.1, -0.05) is 17.7 Å². The van der Waals surface area contributed by atoms with Crippen LogP contribution in [0.1, 0.15) is 38.4 Å². The molecule has 0 aliphatic carbocycles. The molecule has 148 valence electrons. The standard InChI is InChI=1S/C22H26FN3O2/c1-15(2)10-18-11-22(21(23)13-25-18)26-9-8-20(14-26)28-19-6-4-17(5-7-19)12-24-16(3)27/h4-7,10-11,13,20H,8-9,12,14H2,1-3H3,(H,24,27). The molecular formula is C22H26FN3O2. The van der Waals surface area contributed by atoms with Crippen LogP contribution >= 0.6 is 0 Å². The predicted octanol–water partition coefficient (Wildman–Crippen LogP) is 3.94. The largest absolute Gasteiger partial charge is 0.489 e. The number of hydrogen-bond donors (Lipinski definition) is 1. The number of halogens is 1. The van der Waals surface area contributed by atoms with E-state index in [0.717, 1.165) is 35.5 Å². The molecule has 1 N–H and O–H groups in total. The van der Waals surface area contributed by atoms with Crippen LogP contribution in [0.15, 0.2) is 42.1 Å². The van der Waals surface area contributed by atoms with Gasteiger partial charge in [0, 0.05) is 26.4 Å². The number of carbonyl (C=O) groups excluding carboxylic acids is 1. The molecule has 3 rings (SSSR count). The molecule has 1 unspecified atom stereocenters. The number of nitrogens with one attached hydrogen (secondary N) is 1. The average Bonchev–Trinajstić information content (AvgIpc) is 3.10. The number of amides is 1. The fourth-order valence-corrected chi connectivity index (χ4v) is 3.21. The molecule has 6 heteroatoms. The Balaban J connectivity index is 1.61. The summed E-state index contributed by atoms with van der Waals surface area (Å²) in [6.45, 7) is 7.35. The van der Waals surface area contributed by atoms with Gasteiger partial charge in [-0.3, -0.25) is 9.78 Å². The van der Waals surface area contributed by atoms with E-state index in [9.17, 15) is 9.18 Å². The van der Waals surface area contributed by atoms with Gasteiger partial charge < -0.3 is 15.0 Å². The lowest BCUT2D eigenvalue weighted by atomic mass is 10.2. The van der Waals surface area contributed by atoms with Crippen LogP contribution in [0, 0.1) is 5.82 Å². The third kappa shape index (κ3) is 5.31. The molecule has 1 amide bonds. The van der Waals surface area contributed by atoms with Gasteiger partial charge in [0.05, 0.1) is 24.1 Å². The molecule has 0 spiro atoms. The van der Waals surface area contributed by atoms with Crippen LogP contribution in [-0.4, -0.2) is 30.1 Å². The minimum atomic E-state index is -0.311. The van der Waals surface area contributed by atoms with E-state index in [1.54, 1.807) is 6.07 Å². The molecule has 0 saturated carbocycles. The maximum Gasteiger partial charge on any atom is 0.217 e. The number of nitrogens with zero attached hydrogens (tertiary/aromatic N) is 2. The Bertz CT molecular complexity index is 861. The number of carbonyl (C=O) groups is 1. The highest BCUT2D eigenvalue weighted by Crippen LogP contribution is 2.27. The zero-order valence-corrected chi connectivity index (χ0v) is 16.5. The van der Waals surface area contributed by atoms with Crippen molar-refractivity contribution in [3.05, 3.63) is 59.2 Å². The Labute approximate surface area is 165 Å². The van der Waals surface area contributed by atoms with Crippen LogP contribution in [0.3, 0.4) is 0 Å². The first-order valence-corrected chi connectivity index (χ1v) is 9.46. The molecule has 1 aromatic carbocycles. The van der Waals surface area contributed by atoms with Gasteiger partial charge in [-0.05, 0) is 43.7 Å². The van der Waals surface area contributed by atoms with Crippen LogP contribution < -0.4 is 15.0 Å². The van der Waals surface area contributed by atoms with Gasteiger partial charge in [0.15, 0.2) is 5.82 Å². The Morgan fingerprint density at radius 3 is 2.75 bits per heavy atom. The van der Waals surface area contributed by atoms with Gasteiger partial charge in [-0.2, -0.15) is 0 Å². The number of pyridine rings is 1. The summed E-state index contributed by atoms with van der Waals surface area (Å²) in [5, 5.41) is 2.77. The Hall–Kier alpha value is -2.89. The van der Waals surface area contributed by atoms with Gasteiger partial charge in [-0.15, -0.1) is 0 Å². The zero-order valence-electron chi connectivity index (χ0n) is 16.5. The van der Waals surface area contributed by atoms with E-state index >= 15 is 0 Å². The van der Waals surface area contributed by atoms with Crippen molar-refractivity contribution in [1.29, 1.82) is 0 Å². The summed E-state index contributed by atoms with van der Waals surface area (Å²) in [7, 11) is 0. The molecule has 1 aliphatic heterocycles. The Morgan fingerprint density at radius 2 is 2.07 bits per heavy atom. The zero-order chi connectivity index (χ0) is 20.1. The Kier molecular flexibility index (Phi) is 6.29. The van der Waals surface area contributed by atoms with E-state index in [1.165, 1.54) is 13.1 Å². The van der Waals surface area contributed by atoms with Crippen LogP contribution in [0.4, 0.5) is 10.1 Å². The van der Waals surface area contributed by atoms with Gasteiger partial charge in [0.25, 0.3) is 0 Å². The van der Waals surface area contributed by atoms with Crippen LogP contribution in [0.5, 0.6) is 5.75 Å². The second-order valence-electron chi connectivity index (χ2n) is 7.31. The SMILES string of the molecule is CC(=O)NCc1ccc(OC2CCN(c3cc(C=C(C)C)ncc3F)C2)cc1.